The summed E-state index contributed by atoms with van der Waals surface area (Å²) in [6.07, 6.45) is 3.19. The normalized spacial score (nSPS) is 14.2. The summed E-state index contributed by atoms with van der Waals surface area (Å²) in [7, 11) is 0. The van der Waals surface area contributed by atoms with Crippen molar-refractivity contribution in [3.63, 3.8) is 0 Å². The molecule has 0 saturated heterocycles. The lowest BCUT2D eigenvalue weighted by molar-refractivity contribution is 1.00. The van der Waals surface area contributed by atoms with E-state index in [2.05, 4.69) is 48.5 Å². The lowest BCUT2D eigenvalue weighted by Gasteiger charge is -2.04. The highest BCUT2D eigenvalue weighted by molar-refractivity contribution is 7.12. The molecule has 0 radical (unpaired) electrons. The topological polar surface area (TPSA) is 36.7 Å². The fourth-order valence-corrected chi connectivity index (χ4v) is 3.75. The van der Waals surface area contributed by atoms with Crippen molar-refractivity contribution >= 4 is 22.1 Å². The Morgan fingerprint density at radius 1 is 1.14 bits per heavy atom. The summed E-state index contributed by atoms with van der Waals surface area (Å²) in [4.78, 5) is 5.55. The first-order valence-electron chi connectivity index (χ1n) is 7.21. The number of fused-ring (bicyclic) bond motifs is 1. The number of thiazole rings is 1. The first-order valence-corrected chi connectivity index (χ1v) is 8.03. The maximum Gasteiger partial charge on any atom is 0.128 e. The van der Waals surface area contributed by atoms with Gasteiger partial charge in [0.05, 0.1) is 10.7 Å². The molecule has 0 spiro atoms. The Morgan fingerprint density at radius 3 is 2.76 bits per heavy atom. The number of benzene rings is 2. The van der Waals surface area contributed by atoms with Gasteiger partial charge >= 0.3 is 0 Å². The van der Waals surface area contributed by atoms with Crippen molar-refractivity contribution in [1.29, 1.82) is 5.26 Å². The zero-order chi connectivity index (χ0) is 14.2. The highest BCUT2D eigenvalue weighted by Gasteiger charge is 2.29. The minimum Gasteiger partial charge on any atom is -0.244 e. The van der Waals surface area contributed by atoms with Gasteiger partial charge in [0.1, 0.15) is 10.9 Å². The summed E-state index contributed by atoms with van der Waals surface area (Å²) in [5, 5.41) is 12.9. The van der Waals surface area contributed by atoms with Crippen molar-refractivity contribution in [3.8, 4) is 6.07 Å². The molecule has 2 aromatic carbocycles. The van der Waals surface area contributed by atoms with Crippen LogP contribution in [0.1, 0.15) is 39.9 Å². The molecular weight excluding hydrogens is 276 g/mol. The van der Waals surface area contributed by atoms with Crippen molar-refractivity contribution in [2.45, 2.75) is 25.2 Å². The van der Waals surface area contributed by atoms with Gasteiger partial charge in [0.25, 0.3) is 0 Å². The molecule has 0 aliphatic heterocycles. The zero-order valence-corrected chi connectivity index (χ0v) is 12.4. The second-order valence-electron chi connectivity index (χ2n) is 5.52. The van der Waals surface area contributed by atoms with Crippen LogP contribution in [0, 0.1) is 11.3 Å². The Labute approximate surface area is 127 Å². The predicted molar refractivity (Wildman–Crippen MR) is 85.6 cm³/mol. The van der Waals surface area contributed by atoms with Gasteiger partial charge in [-0.2, -0.15) is 5.26 Å². The molecule has 0 amide bonds. The molecule has 1 heterocycles. The molecular formula is C18H14N2S. The molecule has 1 fully saturated rings. The van der Waals surface area contributed by atoms with Crippen molar-refractivity contribution in [1.82, 2.24) is 4.98 Å². The third-order valence-electron chi connectivity index (χ3n) is 3.98. The van der Waals surface area contributed by atoms with Gasteiger partial charge in [-0.25, -0.2) is 4.98 Å². The summed E-state index contributed by atoms with van der Waals surface area (Å²) in [6.45, 7) is 0. The standard InChI is InChI=1S/C18H14N2S/c19-11-16-18(13-8-9-13)20-17(21-16)10-14-6-3-5-12-4-1-2-7-15(12)14/h1-7,13H,8-10H2. The van der Waals surface area contributed by atoms with Crippen molar-refractivity contribution < 1.29 is 0 Å². The van der Waals surface area contributed by atoms with E-state index in [4.69, 9.17) is 4.98 Å². The number of rotatable bonds is 3. The largest absolute Gasteiger partial charge is 0.244 e. The van der Waals surface area contributed by atoms with Gasteiger partial charge in [-0.3, -0.25) is 0 Å². The highest BCUT2D eigenvalue weighted by atomic mass is 32.1. The van der Waals surface area contributed by atoms with E-state index in [0.29, 0.717) is 5.92 Å². The fraction of sp³-hybridized carbons (Fsp3) is 0.222. The minimum atomic E-state index is 0.539. The van der Waals surface area contributed by atoms with Crippen LogP contribution >= 0.6 is 11.3 Å². The zero-order valence-electron chi connectivity index (χ0n) is 11.5. The van der Waals surface area contributed by atoms with Crippen LogP contribution in [0.4, 0.5) is 0 Å². The second kappa shape index (κ2) is 4.98. The number of aromatic nitrogens is 1. The summed E-state index contributed by atoms with van der Waals surface area (Å²) < 4.78 is 0. The molecule has 1 aliphatic carbocycles. The van der Waals surface area contributed by atoms with E-state index in [0.717, 1.165) is 22.0 Å². The van der Waals surface area contributed by atoms with Gasteiger partial charge in [0.15, 0.2) is 0 Å². The number of hydrogen-bond donors (Lipinski definition) is 0. The van der Waals surface area contributed by atoms with Gasteiger partial charge in [0.2, 0.25) is 0 Å². The van der Waals surface area contributed by atoms with Crippen molar-refractivity contribution in [2.75, 3.05) is 0 Å². The average Bonchev–Trinajstić information content (AvgIpc) is 3.29. The van der Waals surface area contributed by atoms with Crippen LogP contribution < -0.4 is 0 Å². The van der Waals surface area contributed by atoms with E-state index in [-0.39, 0.29) is 0 Å². The molecule has 1 aromatic heterocycles. The van der Waals surface area contributed by atoms with Crippen LogP contribution in [0.15, 0.2) is 42.5 Å². The van der Waals surface area contributed by atoms with Crippen LogP contribution in [0.5, 0.6) is 0 Å². The first kappa shape index (κ1) is 12.6. The molecule has 3 aromatic rings. The molecule has 0 unspecified atom stereocenters. The van der Waals surface area contributed by atoms with Crippen LogP contribution in [0.3, 0.4) is 0 Å². The van der Waals surface area contributed by atoms with Gasteiger partial charge in [-0.05, 0) is 29.2 Å². The molecule has 4 rings (SSSR count). The van der Waals surface area contributed by atoms with Crippen LogP contribution in [0.25, 0.3) is 10.8 Å². The third-order valence-corrected chi connectivity index (χ3v) is 4.96. The van der Waals surface area contributed by atoms with Gasteiger partial charge in [-0.1, -0.05) is 42.5 Å². The first-order chi connectivity index (χ1) is 10.3. The molecule has 1 saturated carbocycles. The van der Waals surface area contributed by atoms with E-state index >= 15 is 0 Å². The van der Waals surface area contributed by atoms with Crippen molar-refractivity contribution in [2.24, 2.45) is 0 Å². The van der Waals surface area contributed by atoms with Crippen LogP contribution in [-0.2, 0) is 6.42 Å². The van der Waals surface area contributed by atoms with E-state index in [9.17, 15) is 5.26 Å². The Morgan fingerprint density at radius 2 is 1.95 bits per heavy atom. The van der Waals surface area contributed by atoms with E-state index in [1.165, 1.54) is 29.2 Å². The summed E-state index contributed by atoms with van der Waals surface area (Å²) in [6, 6.07) is 17.1. The summed E-state index contributed by atoms with van der Waals surface area (Å²) >= 11 is 1.56. The Kier molecular flexibility index (Phi) is 2.98. The quantitative estimate of drug-likeness (QED) is 0.704. The predicted octanol–water partition coefficient (Wildman–Crippen LogP) is 4.64. The van der Waals surface area contributed by atoms with Crippen molar-refractivity contribution in [3.05, 3.63) is 63.6 Å². The SMILES string of the molecule is N#Cc1sc(Cc2cccc3ccccc23)nc1C1CC1. The van der Waals surface area contributed by atoms with E-state index in [1.54, 1.807) is 11.3 Å². The smallest absolute Gasteiger partial charge is 0.128 e. The van der Waals surface area contributed by atoms with Gasteiger partial charge in [0, 0.05) is 12.3 Å². The minimum absolute atomic E-state index is 0.539. The molecule has 102 valence electrons. The molecule has 21 heavy (non-hydrogen) atoms. The number of nitriles is 1. The lowest BCUT2D eigenvalue weighted by atomic mass is 10.0. The average molecular weight is 290 g/mol. The summed E-state index contributed by atoms with van der Waals surface area (Å²) in [5.41, 5.74) is 2.33. The molecule has 0 N–H and O–H groups in total. The number of hydrogen-bond acceptors (Lipinski definition) is 3. The highest BCUT2D eigenvalue weighted by Crippen LogP contribution is 2.42. The maximum atomic E-state index is 9.27. The van der Waals surface area contributed by atoms with E-state index in [1.807, 2.05) is 0 Å². The van der Waals surface area contributed by atoms with Crippen LogP contribution in [-0.4, -0.2) is 4.98 Å². The summed E-state index contributed by atoms with van der Waals surface area (Å²) in [5.74, 6) is 0.539. The lowest BCUT2D eigenvalue weighted by Crippen LogP contribution is -1.90. The fourth-order valence-electron chi connectivity index (χ4n) is 2.78. The molecule has 1 aliphatic rings. The Hall–Kier alpha value is -2.18. The van der Waals surface area contributed by atoms with Crippen LogP contribution in [0.2, 0.25) is 0 Å². The number of nitrogens with zero attached hydrogens (tertiary/aromatic N) is 2. The molecule has 0 atom stereocenters. The van der Waals surface area contributed by atoms with Gasteiger partial charge in [-0.15, -0.1) is 11.3 Å². The molecule has 0 bridgehead atoms. The third kappa shape index (κ3) is 2.32. The van der Waals surface area contributed by atoms with E-state index < -0.39 is 0 Å². The van der Waals surface area contributed by atoms with Gasteiger partial charge < -0.3 is 0 Å². The maximum absolute atomic E-state index is 9.27. The second-order valence-corrected chi connectivity index (χ2v) is 6.61. The monoisotopic (exact) mass is 290 g/mol. The Balaban J connectivity index is 1.73. The molecule has 2 nitrogen and oxygen atoms in total. The Bertz CT molecular complexity index is 848. The molecule has 3 heteroatoms.